The van der Waals surface area contributed by atoms with E-state index in [-0.39, 0.29) is 12.3 Å². The Balaban J connectivity index is 3.49. The zero-order valence-corrected chi connectivity index (χ0v) is 7.73. The molecule has 0 aliphatic heterocycles. The number of hydrogen-bond donors (Lipinski definition) is 1. The first-order chi connectivity index (χ1) is 7.53. The van der Waals surface area contributed by atoms with Crippen LogP contribution in [0.25, 0.3) is 0 Å². The van der Waals surface area contributed by atoms with E-state index in [1.165, 1.54) is 0 Å². The summed E-state index contributed by atoms with van der Waals surface area (Å²) in [4.78, 5) is 12.9. The van der Waals surface area contributed by atoms with Crippen LogP contribution in [0, 0.1) is 0 Å². The van der Waals surface area contributed by atoms with Crippen molar-refractivity contribution in [3.05, 3.63) is 29.1 Å². The smallest absolute Gasteiger partial charge is 0.433 e. The van der Waals surface area contributed by atoms with Gasteiger partial charge in [0.15, 0.2) is 5.69 Å². The van der Waals surface area contributed by atoms with Gasteiger partial charge in [-0.2, -0.15) is 26.3 Å². The minimum Gasteiger partial charge on any atom is -0.478 e. The molecule has 1 heterocycles. The molecule has 0 unspecified atom stereocenters. The lowest BCUT2D eigenvalue weighted by Crippen LogP contribution is -2.19. The van der Waals surface area contributed by atoms with Gasteiger partial charge in [-0.3, -0.25) is 4.98 Å². The van der Waals surface area contributed by atoms with Crippen LogP contribution in [0.4, 0.5) is 26.3 Å². The SMILES string of the molecule is O=C(O)c1cnc(C(F)(F)F)c(C(F)(F)F)c1. The Labute approximate surface area is 89.7 Å². The van der Waals surface area contributed by atoms with Crippen LogP contribution in [-0.4, -0.2) is 16.1 Å². The number of hydrogen-bond acceptors (Lipinski definition) is 2. The second-order valence-corrected chi connectivity index (χ2v) is 2.92. The Hall–Kier alpha value is -1.80. The zero-order chi connectivity index (χ0) is 13.4. The summed E-state index contributed by atoms with van der Waals surface area (Å²) >= 11 is 0. The fourth-order valence-corrected chi connectivity index (χ4v) is 1.02. The quantitative estimate of drug-likeness (QED) is 0.789. The van der Waals surface area contributed by atoms with E-state index in [1.807, 2.05) is 0 Å². The van der Waals surface area contributed by atoms with Crippen molar-refractivity contribution in [2.75, 3.05) is 0 Å². The van der Waals surface area contributed by atoms with Crippen molar-refractivity contribution in [3.8, 4) is 0 Å². The number of halogens is 6. The highest BCUT2D eigenvalue weighted by atomic mass is 19.4. The summed E-state index contributed by atoms with van der Waals surface area (Å²) in [5.74, 6) is -1.79. The average Bonchev–Trinajstić information content (AvgIpc) is 2.14. The van der Waals surface area contributed by atoms with Crippen molar-refractivity contribution >= 4 is 5.97 Å². The molecule has 0 saturated heterocycles. The zero-order valence-electron chi connectivity index (χ0n) is 7.73. The van der Waals surface area contributed by atoms with E-state index in [2.05, 4.69) is 4.98 Å². The van der Waals surface area contributed by atoms with Gasteiger partial charge in [-0.1, -0.05) is 0 Å². The van der Waals surface area contributed by atoms with Crippen LogP contribution in [0.3, 0.4) is 0 Å². The van der Waals surface area contributed by atoms with Crippen molar-refractivity contribution in [3.63, 3.8) is 0 Å². The molecule has 0 fully saturated rings. The van der Waals surface area contributed by atoms with Gasteiger partial charge in [-0.15, -0.1) is 0 Å². The molecule has 0 aliphatic rings. The Morgan fingerprint density at radius 3 is 2.00 bits per heavy atom. The first-order valence-electron chi connectivity index (χ1n) is 3.91. The third kappa shape index (κ3) is 2.86. The highest BCUT2D eigenvalue weighted by Gasteiger charge is 2.44. The van der Waals surface area contributed by atoms with Crippen LogP contribution in [0.5, 0.6) is 0 Å². The van der Waals surface area contributed by atoms with Crippen LogP contribution in [0.15, 0.2) is 12.3 Å². The second-order valence-electron chi connectivity index (χ2n) is 2.92. The van der Waals surface area contributed by atoms with Crippen LogP contribution >= 0.6 is 0 Å². The summed E-state index contributed by atoms with van der Waals surface area (Å²) < 4.78 is 73.5. The number of alkyl halides is 6. The standard InChI is InChI=1S/C8H3F6NO2/c9-7(10,11)4-1-3(6(16)17)2-15-5(4)8(12,13)14/h1-2H,(H,16,17). The topological polar surface area (TPSA) is 50.2 Å². The van der Waals surface area contributed by atoms with Crippen molar-refractivity contribution < 1.29 is 36.2 Å². The van der Waals surface area contributed by atoms with Gasteiger partial charge < -0.3 is 5.11 Å². The summed E-state index contributed by atoms with van der Waals surface area (Å²) in [5, 5.41) is 8.38. The van der Waals surface area contributed by atoms with Gasteiger partial charge in [0, 0.05) is 6.20 Å². The third-order valence-corrected chi connectivity index (χ3v) is 1.71. The minimum atomic E-state index is -5.33. The lowest BCUT2D eigenvalue weighted by Gasteiger charge is -2.14. The van der Waals surface area contributed by atoms with Crippen molar-refractivity contribution in [1.82, 2.24) is 4.98 Å². The number of carbonyl (C=O) groups is 1. The van der Waals surface area contributed by atoms with E-state index in [0.717, 1.165) is 0 Å². The third-order valence-electron chi connectivity index (χ3n) is 1.71. The number of carboxylic acid groups (broad SMARTS) is 1. The van der Waals surface area contributed by atoms with Gasteiger partial charge >= 0.3 is 18.3 Å². The first kappa shape index (κ1) is 13.3. The van der Waals surface area contributed by atoms with E-state index in [0.29, 0.717) is 0 Å². The maximum atomic E-state index is 12.3. The predicted octanol–water partition coefficient (Wildman–Crippen LogP) is 2.82. The van der Waals surface area contributed by atoms with Gasteiger partial charge in [-0.25, -0.2) is 4.79 Å². The molecule has 0 bridgehead atoms. The van der Waals surface area contributed by atoms with Crippen molar-refractivity contribution in [1.29, 1.82) is 0 Å². The molecule has 0 aromatic carbocycles. The highest BCUT2D eigenvalue weighted by molar-refractivity contribution is 5.87. The fourth-order valence-electron chi connectivity index (χ4n) is 1.02. The molecule has 0 saturated carbocycles. The number of nitrogens with zero attached hydrogens (tertiary/aromatic N) is 1. The van der Waals surface area contributed by atoms with Crippen LogP contribution in [0.2, 0.25) is 0 Å². The molecule has 1 aromatic rings. The van der Waals surface area contributed by atoms with Crippen LogP contribution < -0.4 is 0 Å². The Kier molecular flexibility index (Phi) is 3.04. The fraction of sp³-hybridized carbons (Fsp3) is 0.250. The molecule has 0 amide bonds. The minimum absolute atomic E-state index is 0.0991. The van der Waals surface area contributed by atoms with Crippen molar-refractivity contribution in [2.45, 2.75) is 12.4 Å². The van der Waals surface area contributed by atoms with Gasteiger partial charge in [0.25, 0.3) is 0 Å². The summed E-state index contributed by atoms with van der Waals surface area (Å²) in [7, 11) is 0. The molecule has 1 N–H and O–H groups in total. The molecule has 9 heteroatoms. The highest BCUT2D eigenvalue weighted by Crippen LogP contribution is 2.39. The number of aromatic carboxylic acids is 1. The molecule has 3 nitrogen and oxygen atoms in total. The number of rotatable bonds is 1. The molecular weight excluding hydrogens is 256 g/mol. The lowest BCUT2D eigenvalue weighted by atomic mass is 10.1. The molecule has 94 valence electrons. The molecule has 0 aliphatic carbocycles. The van der Waals surface area contributed by atoms with Crippen LogP contribution in [-0.2, 0) is 12.4 Å². The van der Waals surface area contributed by atoms with Gasteiger partial charge in [0.2, 0.25) is 0 Å². The van der Waals surface area contributed by atoms with Gasteiger partial charge in [0.1, 0.15) is 0 Å². The van der Waals surface area contributed by atoms with Crippen LogP contribution in [0.1, 0.15) is 21.6 Å². The average molecular weight is 259 g/mol. The molecule has 1 aromatic heterocycles. The van der Waals surface area contributed by atoms with E-state index in [4.69, 9.17) is 5.11 Å². The largest absolute Gasteiger partial charge is 0.478 e. The summed E-state index contributed by atoms with van der Waals surface area (Å²) in [5.41, 5.74) is -5.25. The van der Waals surface area contributed by atoms with Gasteiger partial charge in [-0.05, 0) is 6.07 Å². The normalized spacial score (nSPS) is 12.6. The predicted molar refractivity (Wildman–Crippen MR) is 41.2 cm³/mol. The molecular formula is C8H3F6NO2. The summed E-state index contributed by atoms with van der Waals surface area (Å²) in [6.45, 7) is 0. The molecule has 0 spiro atoms. The summed E-state index contributed by atoms with van der Waals surface area (Å²) in [6.07, 6.45) is -10.4. The van der Waals surface area contributed by atoms with E-state index >= 15 is 0 Å². The van der Waals surface area contributed by atoms with E-state index in [9.17, 15) is 31.1 Å². The number of pyridine rings is 1. The second kappa shape index (κ2) is 3.90. The van der Waals surface area contributed by atoms with E-state index < -0.39 is 35.1 Å². The number of aromatic nitrogens is 1. The molecule has 0 atom stereocenters. The first-order valence-corrected chi connectivity index (χ1v) is 3.91. The van der Waals surface area contributed by atoms with E-state index in [1.54, 1.807) is 0 Å². The molecule has 17 heavy (non-hydrogen) atoms. The Bertz CT molecular complexity index is 450. The van der Waals surface area contributed by atoms with Crippen molar-refractivity contribution in [2.24, 2.45) is 0 Å². The Morgan fingerprint density at radius 2 is 1.65 bits per heavy atom. The molecule has 0 radical (unpaired) electrons. The Morgan fingerprint density at radius 1 is 1.12 bits per heavy atom. The lowest BCUT2D eigenvalue weighted by molar-refractivity contribution is -0.164. The molecule has 1 rings (SSSR count). The number of carboxylic acids is 1. The maximum Gasteiger partial charge on any atom is 0.433 e. The van der Waals surface area contributed by atoms with Gasteiger partial charge in [0.05, 0.1) is 11.1 Å². The monoisotopic (exact) mass is 259 g/mol. The summed E-state index contributed by atoms with van der Waals surface area (Å²) in [6, 6.07) is -0.0991. The maximum absolute atomic E-state index is 12.3.